The molecule has 0 aliphatic carbocycles. The number of fused-ring (bicyclic) bond motifs is 1. The van der Waals surface area contributed by atoms with E-state index in [0.717, 1.165) is 11.0 Å². The number of benzene rings is 1. The minimum absolute atomic E-state index is 0.0779. The van der Waals surface area contributed by atoms with Crippen LogP contribution in [0, 0.1) is 18.3 Å². The minimum atomic E-state index is -0.0779. The Bertz CT molecular complexity index is 973. The van der Waals surface area contributed by atoms with Gasteiger partial charge in [-0.15, -0.1) is 0 Å². The molecule has 0 unspecified atom stereocenters. The molecule has 3 rings (SSSR count). The van der Waals surface area contributed by atoms with Crippen LogP contribution >= 0.6 is 0 Å². The fourth-order valence-corrected chi connectivity index (χ4v) is 2.54. The van der Waals surface area contributed by atoms with Gasteiger partial charge in [0.2, 0.25) is 0 Å². The number of anilines is 1. The summed E-state index contributed by atoms with van der Waals surface area (Å²) >= 11 is 0. The maximum atomic E-state index is 12.4. The van der Waals surface area contributed by atoms with Gasteiger partial charge in [-0.25, -0.2) is 15.0 Å². The van der Waals surface area contributed by atoms with Crippen LogP contribution in [0.3, 0.4) is 0 Å². The molecule has 0 saturated heterocycles. The molecule has 0 spiro atoms. The van der Waals surface area contributed by atoms with Gasteiger partial charge in [-0.05, 0) is 25.5 Å². The van der Waals surface area contributed by atoms with Crippen molar-refractivity contribution in [2.24, 2.45) is 0 Å². The Balaban J connectivity index is 1.74. The molecule has 0 fully saturated rings. The quantitative estimate of drug-likeness (QED) is 0.721. The smallest absolute Gasteiger partial charge is 0.272 e. The van der Waals surface area contributed by atoms with Crippen LogP contribution in [0.15, 0.2) is 41.5 Å². The van der Waals surface area contributed by atoms with Crippen LogP contribution < -0.4 is 10.9 Å². The Morgan fingerprint density at radius 3 is 2.88 bits per heavy atom. The molecule has 0 aliphatic heterocycles. The Morgan fingerprint density at radius 2 is 2.04 bits per heavy atom. The van der Waals surface area contributed by atoms with Gasteiger partial charge in [-0.1, -0.05) is 12.1 Å². The van der Waals surface area contributed by atoms with E-state index in [9.17, 15) is 4.79 Å². The predicted molar refractivity (Wildman–Crippen MR) is 90.6 cm³/mol. The molecule has 0 radical (unpaired) electrons. The molecule has 7 nitrogen and oxygen atoms in total. The van der Waals surface area contributed by atoms with Gasteiger partial charge in [0.25, 0.3) is 5.56 Å². The predicted octanol–water partition coefficient (Wildman–Crippen LogP) is 1.87. The van der Waals surface area contributed by atoms with E-state index in [2.05, 4.69) is 20.3 Å². The van der Waals surface area contributed by atoms with Crippen molar-refractivity contribution in [3.05, 3.63) is 58.4 Å². The maximum absolute atomic E-state index is 12.4. The van der Waals surface area contributed by atoms with Crippen molar-refractivity contribution < 1.29 is 0 Å². The highest BCUT2D eigenvalue weighted by atomic mass is 16.1. The second-order valence-electron chi connectivity index (χ2n) is 5.29. The van der Waals surface area contributed by atoms with Crippen LogP contribution in [-0.2, 0) is 6.54 Å². The standard InChI is InChI=1S/C17H16N6O/c1-12-17(24)23(15-6-3-2-5-13(15)22-12)10-4-7-20-16-14(11-18)19-8-9-21-16/h2-3,5-6,8-9H,4,7,10H2,1H3,(H,20,21). The maximum Gasteiger partial charge on any atom is 0.272 e. The third kappa shape index (κ3) is 3.08. The van der Waals surface area contributed by atoms with Crippen LogP contribution in [-0.4, -0.2) is 26.1 Å². The van der Waals surface area contributed by atoms with Crippen LogP contribution in [0.25, 0.3) is 11.0 Å². The summed E-state index contributed by atoms with van der Waals surface area (Å²) in [4.78, 5) is 24.7. The fourth-order valence-electron chi connectivity index (χ4n) is 2.54. The molecule has 7 heteroatoms. The van der Waals surface area contributed by atoms with Gasteiger partial charge in [0.1, 0.15) is 11.8 Å². The van der Waals surface area contributed by atoms with Crippen molar-refractivity contribution in [2.75, 3.05) is 11.9 Å². The van der Waals surface area contributed by atoms with Crippen molar-refractivity contribution in [3.8, 4) is 6.07 Å². The summed E-state index contributed by atoms with van der Waals surface area (Å²) in [5.74, 6) is 0.461. The molecular formula is C17H16N6O. The van der Waals surface area contributed by atoms with E-state index in [-0.39, 0.29) is 11.3 Å². The first-order valence-electron chi connectivity index (χ1n) is 7.62. The zero-order chi connectivity index (χ0) is 16.9. The monoisotopic (exact) mass is 320 g/mol. The van der Waals surface area contributed by atoms with Crippen molar-refractivity contribution in [2.45, 2.75) is 19.9 Å². The Kier molecular flexibility index (Phi) is 4.47. The molecule has 0 saturated carbocycles. The number of hydrogen-bond donors (Lipinski definition) is 1. The molecule has 0 atom stereocenters. The lowest BCUT2D eigenvalue weighted by Gasteiger charge is -2.11. The van der Waals surface area contributed by atoms with Crippen LogP contribution in [0.5, 0.6) is 0 Å². The first kappa shape index (κ1) is 15.6. The highest BCUT2D eigenvalue weighted by molar-refractivity contribution is 5.74. The Labute approximate surface area is 138 Å². The molecule has 0 amide bonds. The number of aryl methyl sites for hydroxylation is 2. The lowest BCUT2D eigenvalue weighted by molar-refractivity contribution is 0.652. The van der Waals surface area contributed by atoms with E-state index < -0.39 is 0 Å². The topological polar surface area (TPSA) is 96.5 Å². The first-order chi connectivity index (χ1) is 11.7. The first-order valence-corrected chi connectivity index (χ1v) is 7.62. The van der Waals surface area contributed by atoms with E-state index in [0.29, 0.717) is 31.0 Å². The number of rotatable bonds is 5. The van der Waals surface area contributed by atoms with E-state index in [1.165, 1.54) is 12.4 Å². The van der Waals surface area contributed by atoms with Crippen LogP contribution in [0.4, 0.5) is 5.82 Å². The summed E-state index contributed by atoms with van der Waals surface area (Å²) in [6, 6.07) is 9.59. The summed E-state index contributed by atoms with van der Waals surface area (Å²) in [5.41, 5.74) is 2.31. The number of para-hydroxylation sites is 2. The molecule has 24 heavy (non-hydrogen) atoms. The molecule has 0 aliphatic rings. The van der Waals surface area contributed by atoms with Gasteiger partial charge in [-0.2, -0.15) is 5.26 Å². The van der Waals surface area contributed by atoms with Crippen molar-refractivity contribution in [1.82, 2.24) is 19.5 Å². The van der Waals surface area contributed by atoms with Crippen molar-refractivity contribution in [3.63, 3.8) is 0 Å². The highest BCUT2D eigenvalue weighted by Gasteiger charge is 2.08. The SMILES string of the molecule is Cc1nc2ccccc2n(CCCNc2nccnc2C#N)c1=O. The largest absolute Gasteiger partial charge is 0.368 e. The molecular weight excluding hydrogens is 304 g/mol. The van der Waals surface area contributed by atoms with Gasteiger partial charge in [-0.3, -0.25) is 4.79 Å². The van der Waals surface area contributed by atoms with Crippen molar-refractivity contribution >= 4 is 16.9 Å². The Morgan fingerprint density at radius 1 is 1.25 bits per heavy atom. The summed E-state index contributed by atoms with van der Waals surface area (Å²) in [5, 5.41) is 12.1. The molecule has 0 bridgehead atoms. The lowest BCUT2D eigenvalue weighted by atomic mass is 10.2. The van der Waals surface area contributed by atoms with E-state index in [1.54, 1.807) is 11.5 Å². The van der Waals surface area contributed by atoms with Crippen LogP contribution in [0.2, 0.25) is 0 Å². The number of nitriles is 1. The normalized spacial score (nSPS) is 10.5. The van der Waals surface area contributed by atoms with Gasteiger partial charge in [0.15, 0.2) is 11.5 Å². The molecule has 120 valence electrons. The van der Waals surface area contributed by atoms with Gasteiger partial charge in [0, 0.05) is 25.5 Å². The number of nitrogens with one attached hydrogen (secondary N) is 1. The third-order valence-corrected chi connectivity index (χ3v) is 3.67. The summed E-state index contributed by atoms with van der Waals surface area (Å²) < 4.78 is 1.74. The average molecular weight is 320 g/mol. The van der Waals surface area contributed by atoms with Gasteiger partial charge < -0.3 is 9.88 Å². The zero-order valence-corrected chi connectivity index (χ0v) is 13.2. The lowest BCUT2D eigenvalue weighted by Crippen LogP contribution is -2.25. The second kappa shape index (κ2) is 6.87. The second-order valence-corrected chi connectivity index (χ2v) is 5.29. The average Bonchev–Trinajstić information content (AvgIpc) is 2.61. The molecule has 2 heterocycles. The van der Waals surface area contributed by atoms with E-state index in [1.807, 2.05) is 30.3 Å². The molecule has 2 aromatic heterocycles. The molecule has 1 aromatic carbocycles. The third-order valence-electron chi connectivity index (χ3n) is 3.67. The van der Waals surface area contributed by atoms with Gasteiger partial charge in [0.05, 0.1) is 11.0 Å². The minimum Gasteiger partial charge on any atom is -0.368 e. The van der Waals surface area contributed by atoms with E-state index in [4.69, 9.17) is 5.26 Å². The summed E-state index contributed by atoms with van der Waals surface area (Å²) in [7, 11) is 0. The van der Waals surface area contributed by atoms with Crippen molar-refractivity contribution in [1.29, 1.82) is 5.26 Å². The summed E-state index contributed by atoms with van der Waals surface area (Å²) in [6.45, 7) is 2.86. The van der Waals surface area contributed by atoms with E-state index >= 15 is 0 Å². The number of aromatic nitrogens is 4. The molecule has 1 N–H and O–H groups in total. The fraction of sp³-hybridized carbons (Fsp3) is 0.235. The number of nitrogens with zero attached hydrogens (tertiary/aromatic N) is 5. The number of hydrogen-bond acceptors (Lipinski definition) is 6. The van der Waals surface area contributed by atoms with Crippen LogP contribution in [0.1, 0.15) is 17.8 Å². The summed E-state index contributed by atoms with van der Waals surface area (Å²) in [6.07, 6.45) is 3.72. The highest BCUT2D eigenvalue weighted by Crippen LogP contribution is 2.11. The molecule has 3 aromatic rings. The Hall–Kier alpha value is -3.27. The zero-order valence-electron chi connectivity index (χ0n) is 13.2. The van der Waals surface area contributed by atoms with Gasteiger partial charge >= 0.3 is 0 Å².